The maximum Gasteiger partial charge on any atom is 0.411 e. The van der Waals surface area contributed by atoms with E-state index in [4.69, 9.17) is 4.74 Å². The van der Waals surface area contributed by atoms with Crippen molar-refractivity contribution in [3.8, 4) is 0 Å². The second-order valence-corrected chi connectivity index (χ2v) is 6.90. The van der Waals surface area contributed by atoms with Crippen LogP contribution in [0.1, 0.15) is 37.0 Å². The number of carbonyl (C=O) groups excluding carboxylic acids is 1. The number of amides is 1. The Kier molecular flexibility index (Phi) is 3.02. The molecule has 2 atom stereocenters. The molecule has 1 aliphatic carbocycles. The van der Waals surface area contributed by atoms with Crippen LogP contribution in [0.2, 0.25) is 0 Å². The number of nitrogens with zero attached hydrogens (tertiary/aromatic N) is 1. The van der Waals surface area contributed by atoms with E-state index in [0.717, 1.165) is 18.4 Å². The largest absolute Gasteiger partial charge is 0.440 e. The fraction of sp³-hybridized carbons (Fsp3) is 0.350. The Morgan fingerprint density at radius 1 is 1.04 bits per heavy atom. The third-order valence-electron chi connectivity index (χ3n) is 5.70. The summed E-state index contributed by atoms with van der Waals surface area (Å²) in [5.74, 6) is 0. The maximum atomic E-state index is 12.7. The Hall–Kier alpha value is -2.29. The summed E-state index contributed by atoms with van der Waals surface area (Å²) in [7, 11) is 0. The van der Waals surface area contributed by atoms with Crippen LogP contribution in [-0.4, -0.2) is 16.6 Å². The predicted octanol–water partition coefficient (Wildman–Crippen LogP) is 4.26. The summed E-state index contributed by atoms with van der Waals surface area (Å²) in [4.78, 5) is 14.6. The molecule has 1 amide bonds. The number of ether oxygens (including phenoxy) is 1. The molecule has 0 bridgehead atoms. The highest BCUT2D eigenvalue weighted by Gasteiger charge is 2.62. The van der Waals surface area contributed by atoms with E-state index in [1.807, 2.05) is 23.1 Å². The fourth-order valence-corrected chi connectivity index (χ4v) is 4.12. The van der Waals surface area contributed by atoms with Crippen molar-refractivity contribution in [2.45, 2.75) is 44.4 Å². The van der Waals surface area contributed by atoms with Gasteiger partial charge in [-0.3, -0.25) is 4.90 Å². The van der Waals surface area contributed by atoms with Crippen LogP contribution in [0, 0.1) is 0 Å². The highest BCUT2D eigenvalue weighted by atomic mass is 16.6. The molecule has 0 aromatic heterocycles. The van der Waals surface area contributed by atoms with Crippen LogP contribution < -0.4 is 0 Å². The Labute approximate surface area is 136 Å². The minimum Gasteiger partial charge on any atom is -0.440 e. The van der Waals surface area contributed by atoms with Crippen molar-refractivity contribution in [3.63, 3.8) is 0 Å². The Morgan fingerprint density at radius 3 is 2.52 bits per heavy atom. The molecule has 1 saturated heterocycles. The summed E-state index contributed by atoms with van der Waals surface area (Å²) in [6, 6.07) is 18.6. The molecule has 0 saturated carbocycles. The minimum absolute atomic E-state index is 0.212. The molecule has 3 nitrogen and oxygen atoms in total. The summed E-state index contributed by atoms with van der Waals surface area (Å²) in [6.45, 7) is 4.80. The monoisotopic (exact) mass is 307 g/mol. The zero-order valence-corrected chi connectivity index (χ0v) is 13.6. The van der Waals surface area contributed by atoms with Crippen molar-refractivity contribution in [1.82, 2.24) is 4.90 Å². The fourth-order valence-electron chi connectivity index (χ4n) is 4.12. The van der Waals surface area contributed by atoms with Gasteiger partial charge in [-0.2, -0.15) is 0 Å². The lowest BCUT2D eigenvalue weighted by molar-refractivity contribution is -0.0108. The van der Waals surface area contributed by atoms with Gasteiger partial charge in [-0.25, -0.2) is 4.79 Å². The molecule has 1 fully saturated rings. The summed E-state index contributed by atoms with van der Waals surface area (Å²) in [5.41, 5.74) is 2.75. The van der Waals surface area contributed by atoms with Gasteiger partial charge < -0.3 is 4.74 Å². The van der Waals surface area contributed by atoms with E-state index in [0.29, 0.717) is 6.54 Å². The van der Waals surface area contributed by atoms with E-state index in [9.17, 15) is 4.79 Å². The zero-order valence-electron chi connectivity index (χ0n) is 13.6. The highest BCUT2D eigenvalue weighted by molar-refractivity contribution is 5.74. The average Bonchev–Trinajstić information content (AvgIpc) is 2.76. The van der Waals surface area contributed by atoms with Gasteiger partial charge in [0.25, 0.3) is 0 Å². The number of rotatable bonds is 2. The van der Waals surface area contributed by atoms with E-state index in [1.165, 1.54) is 11.1 Å². The first-order valence-electron chi connectivity index (χ1n) is 8.17. The second-order valence-electron chi connectivity index (χ2n) is 6.90. The Bertz CT molecular complexity index is 757. The van der Waals surface area contributed by atoms with Gasteiger partial charge in [-0.15, -0.1) is 0 Å². The van der Waals surface area contributed by atoms with Crippen LogP contribution in [0.25, 0.3) is 0 Å². The van der Waals surface area contributed by atoms with Crippen LogP contribution in [0.5, 0.6) is 0 Å². The van der Waals surface area contributed by atoms with Crippen molar-refractivity contribution >= 4 is 6.09 Å². The molecule has 2 aromatic carbocycles. The van der Waals surface area contributed by atoms with Gasteiger partial charge in [0.1, 0.15) is 11.1 Å². The predicted molar refractivity (Wildman–Crippen MR) is 89.0 cm³/mol. The SMILES string of the molecule is C[C@@]12CCc3ccccc3[C@@]1(C)N(Cc1ccccc1)C(=O)O2. The standard InChI is InChI=1S/C20H21NO2/c1-19-13-12-16-10-6-7-11-17(16)20(19,2)21(18(22)23-19)14-15-8-4-3-5-9-15/h3-11H,12-14H2,1-2H3/t19-,20-/m1/s1. The summed E-state index contributed by atoms with van der Waals surface area (Å²) in [6.07, 6.45) is 1.60. The lowest BCUT2D eigenvalue weighted by atomic mass is 9.67. The number of carbonyl (C=O) groups is 1. The molecule has 0 spiro atoms. The van der Waals surface area contributed by atoms with Crippen LogP contribution >= 0.6 is 0 Å². The Balaban J connectivity index is 1.83. The molecule has 4 rings (SSSR count). The van der Waals surface area contributed by atoms with Gasteiger partial charge in [0.15, 0.2) is 0 Å². The van der Waals surface area contributed by atoms with E-state index < -0.39 is 11.1 Å². The molecule has 3 heteroatoms. The average molecular weight is 307 g/mol. The third kappa shape index (κ3) is 1.92. The molecular formula is C20H21NO2. The van der Waals surface area contributed by atoms with E-state index in [-0.39, 0.29) is 6.09 Å². The Morgan fingerprint density at radius 2 is 1.74 bits per heavy atom. The van der Waals surface area contributed by atoms with Gasteiger partial charge >= 0.3 is 6.09 Å². The summed E-state index contributed by atoms with van der Waals surface area (Å²) in [5, 5.41) is 0. The number of hydrogen-bond donors (Lipinski definition) is 0. The molecular weight excluding hydrogens is 286 g/mol. The van der Waals surface area contributed by atoms with Gasteiger partial charge in [0.2, 0.25) is 0 Å². The molecule has 2 aromatic rings. The minimum atomic E-state index is -0.479. The first kappa shape index (κ1) is 14.3. The number of fused-ring (bicyclic) bond motifs is 3. The van der Waals surface area contributed by atoms with E-state index in [2.05, 4.69) is 50.2 Å². The molecule has 1 heterocycles. The lowest BCUT2D eigenvalue weighted by Crippen LogP contribution is -2.54. The quantitative estimate of drug-likeness (QED) is 0.829. The normalized spacial score (nSPS) is 29.0. The van der Waals surface area contributed by atoms with Crippen LogP contribution in [0.4, 0.5) is 4.79 Å². The summed E-state index contributed by atoms with van der Waals surface area (Å²) < 4.78 is 5.88. The van der Waals surface area contributed by atoms with Gasteiger partial charge in [0.05, 0.1) is 6.54 Å². The van der Waals surface area contributed by atoms with E-state index >= 15 is 0 Å². The van der Waals surface area contributed by atoms with Crippen molar-refractivity contribution in [2.24, 2.45) is 0 Å². The highest BCUT2D eigenvalue weighted by Crippen LogP contribution is 2.53. The number of hydrogen-bond acceptors (Lipinski definition) is 2. The van der Waals surface area contributed by atoms with Gasteiger partial charge in [-0.1, -0.05) is 54.6 Å². The van der Waals surface area contributed by atoms with Crippen LogP contribution in [0.15, 0.2) is 54.6 Å². The first-order valence-corrected chi connectivity index (χ1v) is 8.17. The second kappa shape index (κ2) is 4.85. The molecule has 0 unspecified atom stereocenters. The number of benzene rings is 2. The molecule has 118 valence electrons. The molecule has 1 aliphatic heterocycles. The topological polar surface area (TPSA) is 29.5 Å². The van der Waals surface area contributed by atoms with Crippen molar-refractivity contribution < 1.29 is 9.53 Å². The van der Waals surface area contributed by atoms with Gasteiger partial charge in [0, 0.05) is 0 Å². The van der Waals surface area contributed by atoms with Gasteiger partial charge in [-0.05, 0) is 43.4 Å². The smallest absolute Gasteiger partial charge is 0.411 e. The van der Waals surface area contributed by atoms with Crippen LogP contribution in [0.3, 0.4) is 0 Å². The van der Waals surface area contributed by atoms with E-state index in [1.54, 1.807) is 0 Å². The van der Waals surface area contributed by atoms with Crippen molar-refractivity contribution in [2.75, 3.05) is 0 Å². The lowest BCUT2D eigenvalue weighted by Gasteiger charge is -2.46. The molecule has 23 heavy (non-hydrogen) atoms. The van der Waals surface area contributed by atoms with Crippen molar-refractivity contribution in [3.05, 3.63) is 71.3 Å². The zero-order chi connectivity index (χ0) is 16.1. The molecule has 0 radical (unpaired) electrons. The maximum absolute atomic E-state index is 12.7. The van der Waals surface area contributed by atoms with Crippen LogP contribution in [-0.2, 0) is 23.2 Å². The summed E-state index contributed by atoms with van der Waals surface area (Å²) >= 11 is 0. The first-order chi connectivity index (χ1) is 11.0. The van der Waals surface area contributed by atoms with Crippen molar-refractivity contribution in [1.29, 1.82) is 0 Å². The molecule has 2 aliphatic rings. The third-order valence-corrected chi connectivity index (χ3v) is 5.70. The number of aryl methyl sites for hydroxylation is 1. The molecule has 0 N–H and O–H groups in total.